The summed E-state index contributed by atoms with van der Waals surface area (Å²) in [6.07, 6.45) is -0.676. The summed E-state index contributed by atoms with van der Waals surface area (Å²) in [5, 5.41) is 18.2. The van der Waals surface area contributed by atoms with E-state index in [-0.39, 0.29) is 0 Å². The highest BCUT2D eigenvalue weighted by atomic mass is 16.4. The number of rotatable bonds is 1. The number of aliphatic hydroxyl groups is 1. The second-order valence-electron chi connectivity index (χ2n) is 3.22. The summed E-state index contributed by atoms with van der Waals surface area (Å²) in [7, 11) is 3.42. The number of carboxylic acids is 1. The van der Waals surface area contributed by atoms with Crippen molar-refractivity contribution in [2.75, 3.05) is 27.2 Å². The second-order valence-corrected chi connectivity index (χ2v) is 3.22. The molecule has 1 aliphatic heterocycles. The van der Waals surface area contributed by atoms with Crippen molar-refractivity contribution in [1.29, 1.82) is 0 Å². The Morgan fingerprint density at radius 2 is 2.00 bits per heavy atom. The van der Waals surface area contributed by atoms with Crippen molar-refractivity contribution in [3.05, 3.63) is 0 Å². The lowest BCUT2D eigenvalue weighted by Gasteiger charge is -2.38. The molecule has 70 valence electrons. The molecule has 0 spiro atoms. The average molecular weight is 174 g/mol. The Labute approximate surface area is 71.2 Å². The van der Waals surface area contributed by atoms with Crippen LogP contribution in [0.1, 0.15) is 0 Å². The zero-order valence-corrected chi connectivity index (χ0v) is 7.27. The number of piperazine rings is 1. The predicted molar refractivity (Wildman–Crippen MR) is 42.7 cm³/mol. The van der Waals surface area contributed by atoms with Crippen LogP contribution in [0.25, 0.3) is 0 Å². The summed E-state index contributed by atoms with van der Waals surface area (Å²) in [6.45, 7) is 0.961. The van der Waals surface area contributed by atoms with Crippen LogP contribution < -0.4 is 0 Å². The van der Waals surface area contributed by atoms with Gasteiger partial charge in [-0.3, -0.25) is 9.69 Å². The van der Waals surface area contributed by atoms with E-state index in [1.807, 2.05) is 4.90 Å². The maximum Gasteiger partial charge on any atom is 0.322 e. The molecule has 0 aromatic rings. The quantitative estimate of drug-likeness (QED) is 0.514. The highest BCUT2D eigenvalue weighted by Gasteiger charge is 2.33. The number of hydrogen-bond acceptors (Lipinski definition) is 4. The van der Waals surface area contributed by atoms with Gasteiger partial charge in [0.05, 0.1) is 0 Å². The minimum Gasteiger partial charge on any atom is -0.480 e. The fraction of sp³-hybridized carbons (Fsp3) is 0.857. The van der Waals surface area contributed by atoms with Crippen molar-refractivity contribution in [3.8, 4) is 0 Å². The Morgan fingerprint density at radius 3 is 2.50 bits per heavy atom. The van der Waals surface area contributed by atoms with Gasteiger partial charge in [0.2, 0.25) is 0 Å². The lowest BCUT2D eigenvalue weighted by atomic mass is 10.2. The highest BCUT2D eigenvalue weighted by molar-refractivity contribution is 5.73. The van der Waals surface area contributed by atoms with Gasteiger partial charge in [0.15, 0.2) is 0 Å². The molecule has 0 aliphatic carbocycles. The van der Waals surface area contributed by atoms with E-state index in [4.69, 9.17) is 5.11 Å². The Hall–Kier alpha value is -0.650. The first-order chi connectivity index (χ1) is 5.52. The Balaban J connectivity index is 2.66. The zero-order chi connectivity index (χ0) is 9.30. The van der Waals surface area contributed by atoms with E-state index < -0.39 is 18.2 Å². The predicted octanol–water partition coefficient (Wildman–Crippen LogP) is -1.36. The number of hydrogen-bond donors (Lipinski definition) is 2. The molecular weight excluding hydrogens is 160 g/mol. The van der Waals surface area contributed by atoms with Crippen LogP contribution in [-0.2, 0) is 4.79 Å². The van der Waals surface area contributed by atoms with Crippen molar-refractivity contribution in [1.82, 2.24) is 9.80 Å². The van der Waals surface area contributed by atoms with Crippen LogP contribution in [0.5, 0.6) is 0 Å². The van der Waals surface area contributed by atoms with Crippen molar-refractivity contribution >= 4 is 5.97 Å². The van der Waals surface area contributed by atoms with Crippen LogP contribution in [0.15, 0.2) is 0 Å². The summed E-state index contributed by atoms with van der Waals surface area (Å²) in [5.41, 5.74) is 0. The van der Waals surface area contributed by atoms with E-state index >= 15 is 0 Å². The van der Waals surface area contributed by atoms with Gasteiger partial charge in [0.25, 0.3) is 0 Å². The highest BCUT2D eigenvalue weighted by Crippen LogP contribution is 2.10. The molecule has 0 amide bonds. The summed E-state index contributed by atoms with van der Waals surface area (Å²) in [5.74, 6) is -0.886. The zero-order valence-electron chi connectivity index (χ0n) is 7.27. The van der Waals surface area contributed by atoms with Gasteiger partial charge in [-0.15, -0.1) is 0 Å². The Bertz CT molecular complexity index is 185. The maximum absolute atomic E-state index is 10.7. The van der Waals surface area contributed by atoms with Crippen LogP contribution in [0.4, 0.5) is 0 Å². The van der Waals surface area contributed by atoms with Crippen LogP contribution in [0.2, 0.25) is 0 Å². The van der Waals surface area contributed by atoms with Crippen molar-refractivity contribution in [2.45, 2.75) is 12.3 Å². The molecular formula is C7H14N2O3. The number of aliphatic carboxylic acids is 1. The van der Waals surface area contributed by atoms with Gasteiger partial charge in [-0.2, -0.15) is 0 Å². The number of carbonyl (C=O) groups is 1. The fourth-order valence-electron chi connectivity index (χ4n) is 1.37. The third-order valence-corrected chi connectivity index (χ3v) is 2.21. The van der Waals surface area contributed by atoms with Gasteiger partial charge in [0.1, 0.15) is 12.3 Å². The third kappa shape index (κ3) is 1.74. The average Bonchev–Trinajstić information content (AvgIpc) is 1.96. The first-order valence-corrected chi connectivity index (χ1v) is 3.83. The number of carboxylic acid groups (broad SMARTS) is 1. The molecule has 5 heteroatoms. The van der Waals surface area contributed by atoms with Crippen molar-refractivity contribution in [3.63, 3.8) is 0 Å². The van der Waals surface area contributed by atoms with E-state index in [1.54, 1.807) is 14.1 Å². The van der Waals surface area contributed by atoms with Crippen LogP contribution in [0, 0.1) is 0 Å². The normalized spacial score (nSPS) is 33.6. The van der Waals surface area contributed by atoms with Crippen LogP contribution >= 0.6 is 0 Å². The first-order valence-electron chi connectivity index (χ1n) is 3.83. The second kappa shape index (κ2) is 3.38. The van der Waals surface area contributed by atoms with Gasteiger partial charge in [-0.05, 0) is 14.1 Å². The largest absolute Gasteiger partial charge is 0.480 e. The first kappa shape index (κ1) is 9.44. The molecule has 12 heavy (non-hydrogen) atoms. The summed E-state index contributed by atoms with van der Waals surface area (Å²) >= 11 is 0. The topological polar surface area (TPSA) is 64.0 Å². The maximum atomic E-state index is 10.7. The fourth-order valence-corrected chi connectivity index (χ4v) is 1.37. The monoisotopic (exact) mass is 174 g/mol. The van der Waals surface area contributed by atoms with Crippen LogP contribution in [0.3, 0.4) is 0 Å². The molecule has 0 aromatic heterocycles. The molecule has 1 rings (SSSR count). The molecule has 2 atom stereocenters. The SMILES string of the molecule is CN1CC(O)N(C)C(C(=O)O)C1. The van der Waals surface area contributed by atoms with Gasteiger partial charge in [-0.1, -0.05) is 0 Å². The number of nitrogens with zero attached hydrogens (tertiary/aromatic N) is 2. The molecule has 0 aromatic carbocycles. The number of aliphatic hydroxyl groups excluding tert-OH is 1. The van der Waals surface area contributed by atoms with Gasteiger partial charge in [-0.25, -0.2) is 0 Å². The molecule has 1 fully saturated rings. The Morgan fingerprint density at radius 1 is 1.42 bits per heavy atom. The number of β-amino-alcohol motifs (C(OH)–C–C–N with tert-alkyl or cyclic N) is 1. The van der Waals surface area contributed by atoms with E-state index in [9.17, 15) is 9.90 Å². The molecule has 1 saturated heterocycles. The lowest BCUT2D eigenvalue weighted by molar-refractivity contribution is -0.153. The molecule has 2 N–H and O–H groups in total. The summed E-state index contributed by atoms with van der Waals surface area (Å²) in [6, 6.07) is -0.598. The third-order valence-electron chi connectivity index (χ3n) is 2.21. The molecule has 1 aliphatic rings. The molecule has 1 heterocycles. The van der Waals surface area contributed by atoms with Gasteiger partial charge in [0, 0.05) is 13.1 Å². The lowest BCUT2D eigenvalue weighted by Crippen LogP contribution is -2.58. The van der Waals surface area contributed by atoms with E-state index in [1.165, 1.54) is 4.90 Å². The van der Waals surface area contributed by atoms with E-state index in [0.29, 0.717) is 13.1 Å². The minimum atomic E-state index is -0.886. The Kier molecular flexibility index (Phi) is 2.66. The number of likely N-dealkylation sites (N-methyl/N-ethyl adjacent to an activating group) is 2. The smallest absolute Gasteiger partial charge is 0.322 e. The molecule has 2 unspecified atom stereocenters. The van der Waals surface area contributed by atoms with E-state index in [0.717, 1.165) is 0 Å². The summed E-state index contributed by atoms with van der Waals surface area (Å²) < 4.78 is 0. The van der Waals surface area contributed by atoms with E-state index in [2.05, 4.69) is 0 Å². The molecule has 0 radical (unpaired) electrons. The standard InChI is InChI=1S/C7H14N2O3/c1-8-3-5(7(11)12)9(2)6(10)4-8/h5-6,10H,3-4H2,1-2H3,(H,11,12). The molecule has 0 bridgehead atoms. The van der Waals surface area contributed by atoms with Gasteiger partial charge < -0.3 is 15.1 Å². The van der Waals surface area contributed by atoms with Crippen molar-refractivity contribution in [2.24, 2.45) is 0 Å². The molecule has 0 saturated carbocycles. The summed E-state index contributed by atoms with van der Waals surface area (Å²) in [4.78, 5) is 14.0. The minimum absolute atomic E-state index is 0.461. The van der Waals surface area contributed by atoms with Crippen molar-refractivity contribution < 1.29 is 15.0 Å². The van der Waals surface area contributed by atoms with Gasteiger partial charge >= 0.3 is 5.97 Å². The molecule has 5 nitrogen and oxygen atoms in total. The van der Waals surface area contributed by atoms with Crippen LogP contribution in [-0.4, -0.2) is 65.4 Å².